The van der Waals surface area contributed by atoms with E-state index in [2.05, 4.69) is 0 Å². The highest BCUT2D eigenvalue weighted by Crippen LogP contribution is 2.04. The molecule has 70 valence electrons. The molecule has 0 saturated heterocycles. The molecule has 0 saturated carbocycles. The molecule has 0 heterocycles. The van der Waals surface area contributed by atoms with E-state index in [0.29, 0.717) is 13.3 Å². The number of hydrogen-bond acceptors (Lipinski definition) is 2. The van der Waals surface area contributed by atoms with Gasteiger partial charge in [0.1, 0.15) is 11.6 Å². The van der Waals surface area contributed by atoms with Crippen LogP contribution in [0.15, 0.2) is 0 Å². The molecule has 0 aliphatic rings. The smallest absolute Gasteiger partial charge is 0.140 e. The van der Waals surface area contributed by atoms with Gasteiger partial charge in [0.05, 0.1) is 6.42 Å². The fraction of sp³-hybridized carbons (Fsp3) is 0.800. The maximum Gasteiger partial charge on any atom is 0.140 e. The van der Waals surface area contributed by atoms with Crippen LogP contribution in [0.5, 0.6) is 0 Å². The Labute approximate surface area is 75.8 Å². The molecule has 0 aromatic carbocycles. The topological polar surface area (TPSA) is 34.1 Å². The minimum absolute atomic E-state index is 0.0452. The van der Waals surface area contributed by atoms with E-state index in [9.17, 15) is 9.59 Å². The zero-order valence-corrected chi connectivity index (χ0v) is 7.77. The number of unbranched alkanes of at least 4 members (excludes halogenated alkanes) is 3. The van der Waals surface area contributed by atoms with Crippen LogP contribution in [0.2, 0.25) is 0 Å². The second kappa shape index (κ2) is 7.01. The standard InChI is InChI=1S/C10H18O2/c1-3-4-5-6-7-10(12)8-9(2)11/h3-8H2,1-2H3/i1D. The second-order valence-corrected chi connectivity index (χ2v) is 3.08. The Balaban J connectivity index is 3.22. The Bertz CT molecular complexity index is 166. The highest BCUT2D eigenvalue weighted by molar-refractivity contribution is 5.97. The third kappa shape index (κ3) is 7.45. The van der Waals surface area contributed by atoms with Gasteiger partial charge in [-0.2, -0.15) is 0 Å². The Morgan fingerprint density at radius 3 is 2.58 bits per heavy atom. The van der Waals surface area contributed by atoms with Gasteiger partial charge in [0.25, 0.3) is 0 Å². The Hall–Kier alpha value is -0.660. The molecule has 0 fully saturated rings. The lowest BCUT2D eigenvalue weighted by Crippen LogP contribution is -2.03. The summed E-state index contributed by atoms with van der Waals surface area (Å²) < 4.78 is 6.90. The summed E-state index contributed by atoms with van der Waals surface area (Å²) >= 11 is 0. The van der Waals surface area contributed by atoms with Crippen LogP contribution in [0.4, 0.5) is 0 Å². The summed E-state index contributed by atoms with van der Waals surface area (Å²) in [6.45, 7) is 1.92. The molecule has 0 atom stereocenters. The summed E-state index contributed by atoms with van der Waals surface area (Å²) in [4.78, 5) is 21.6. The summed E-state index contributed by atoms with van der Waals surface area (Å²) in [6.07, 6.45) is 4.43. The van der Waals surface area contributed by atoms with Crippen LogP contribution in [0, 0.1) is 0 Å². The van der Waals surface area contributed by atoms with Gasteiger partial charge in [-0.3, -0.25) is 9.59 Å². The van der Waals surface area contributed by atoms with Gasteiger partial charge in [0, 0.05) is 7.79 Å². The largest absolute Gasteiger partial charge is 0.300 e. The highest BCUT2D eigenvalue weighted by Gasteiger charge is 2.03. The van der Waals surface area contributed by atoms with Gasteiger partial charge in [-0.05, 0) is 13.3 Å². The second-order valence-electron chi connectivity index (χ2n) is 3.08. The van der Waals surface area contributed by atoms with E-state index in [1.165, 1.54) is 6.92 Å². The van der Waals surface area contributed by atoms with E-state index < -0.39 is 0 Å². The summed E-state index contributed by atoms with van der Waals surface area (Å²) in [7, 11) is 0. The number of ketones is 2. The maximum absolute atomic E-state index is 11.0. The molecule has 0 rings (SSSR count). The molecule has 0 amide bonds. The minimum Gasteiger partial charge on any atom is -0.300 e. The molecule has 0 aromatic rings. The fourth-order valence-electron chi connectivity index (χ4n) is 1.04. The van der Waals surface area contributed by atoms with Gasteiger partial charge in [-0.15, -0.1) is 0 Å². The monoisotopic (exact) mass is 171 g/mol. The van der Waals surface area contributed by atoms with E-state index in [0.717, 1.165) is 25.7 Å². The number of hydrogen-bond donors (Lipinski definition) is 0. The molecule has 0 N–H and O–H groups in total. The Morgan fingerprint density at radius 2 is 2.00 bits per heavy atom. The molecule has 0 aliphatic heterocycles. The Kier molecular flexibility index (Phi) is 5.51. The van der Waals surface area contributed by atoms with E-state index in [1.807, 2.05) is 0 Å². The maximum atomic E-state index is 11.0. The summed E-state index contributed by atoms with van der Waals surface area (Å²) in [5, 5.41) is 0. The van der Waals surface area contributed by atoms with Crippen molar-refractivity contribution in [3.8, 4) is 0 Å². The van der Waals surface area contributed by atoms with Crippen LogP contribution < -0.4 is 0 Å². The normalized spacial score (nSPS) is 10.9. The first-order chi connectivity index (χ1) is 6.16. The van der Waals surface area contributed by atoms with Gasteiger partial charge >= 0.3 is 0 Å². The lowest BCUT2D eigenvalue weighted by atomic mass is 10.1. The van der Waals surface area contributed by atoms with Crippen molar-refractivity contribution in [1.29, 1.82) is 0 Å². The first kappa shape index (κ1) is 9.43. The van der Waals surface area contributed by atoms with Crippen molar-refractivity contribution in [2.75, 3.05) is 0 Å². The molecular formula is C10H18O2. The van der Waals surface area contributed by atoms with Crippen molar-refractivity contribution in [3.05, 3.63) is 0 Å². The minimum atomic E-state index is -0.0452. The number of carbonyl (C=O) groups is 2. The van der Waals surface area contributed by atoms with Crippen LogP contribution in [0.25, 0.3) is 0 Å². The average Bonchev–Trinajstić information content (AvgIpc) is 2.02. The van der Waals surface area contributed by atoms with Gasteiger partial charge in [-0.25, -0.2) is 0 Å². The summed E-state index contributed by atoms with van der Waals surface area (Å²) in [5.74, 6) is 0.00883. The number of rotatable bonds is 7. The molecule has 2 nitrogen and oxygen atoms in total. The molecule has 0 bridgehead atoms. The van der Waals surface area contributed by atoms with Crippen molar-refractivity contribution >= 4 is 11.6 Å². The van der Waals surface area contributed by atoms with Crippen molar-refractivity contribution in [1.82, 2.24) is 0 Å². The molecule has 0 unspecified atom stereocenters. The summed E-state index contributed by atoms with van der Waals surface area (Å²) in [5.41, 5.74) is 0. The molecule has 0 radical (unpaired) electrons. The van der Waals surface area contributed by atoms with Gasteiger partial charge in [0.2, 0.25) is 0 Å². The molecule has 0 spiro atoms. The first-order valence-corrected chi connectivity index (χ1v) is 4.47. The van der Waals surface area contributed by atoms with E-state index >= 15 is 0 Å². The van der Waals surface area contributed by atoms with Gasteiger partial charge in [-0.1, -0.05) is 26.2 Å². The lowest BCUT2D eigenvalue weighted by molar-refractivity contribution is -0.125. The number of Topliss-reactive ketones (excluding diaryl/α,β-unsaturated/α-hetero) is 2. The number of carbonyl (C=O) groups excluding carboxylic acids is 2. The van der Waals surface area contributed by atoms with Crippen molar-refractivity contribution in [3.63, 3.8) is 0 Å². The third-order valence-electron chi connectivity index (χ3n) is 1.65. The summed E-state index contributed by atoms with van der Waals surface area (Å²) in [6, 6.07) is 0. The van der Waals surface area contributed by atoms with E-state index in [4.69, 9.17) is 1.37 Å². The predicted molar refractivity (Wildman–Crippen MR) is 49.1 cm³/mol. The van der Waals surface area contributed by atoms with Crippen molar-refractivity contribution < 1.29 is 11.0 Å². The van der Waals surface area contributed by atoms with E-state index in [1.54, 1.807) is 0 Å². The SMILES string of the molecule is [2H]CCCCCCC(=O)CC(C)=O. The average molecular weight is 171 g/mol. The molecule has 2 heteroatoms. The molecule has 0 aromatic heterocycles. The van der Waals surface area contributed by atoms with Crippen molar-refractivity contribution in [2.45, 2.75) is 52.3 Å². The Morgan fingerprint density at radius 1 is 1.25 bits per heavy atom. The molecule has 0 aliphatic carbocycles. The van der Waals surface area contributed by atoms with Gasteiger partial charge in [0.15, 0.2) is 0 Å². The van der Waals surface area contributed by atoms with Crippen LogP contribution in [-0.4, -0.2) is 11.6 Å². The van der Waals surface area contributed by atoms with Crippen molar-refractivity contribution in [2.24, 2.45) is 0 Å². The zero-order valence-electron chi connectivity index (χ0n) is 8.77. The third-order valence-corrected chi connectivity index (χ3v) is 1.65. The van der Waals surface area contributed by atoms with E-state index in [-0.39, 0.29) is 18.0 Å². The van der Waals surface area contributed by atoms with Crippen LogP contribution in [-0.2, 0) is 9.59 Å². The van der Waals surface area contributed by atoms with Crippen LogP contribution in [0.3, 0.4) is 0 Å². The fourth-order valence-corrected chi connectivity index (χ4v) is 1.04. The highest BCUT2D eigenvalue weighted by atomic mass is 16.1. The predicted octanol–water partition coefficient (Wildman–Crippen LogP) is 2.51. The van der Waals surface area contributed by atoms with Crippen LogP contribution >= 0.6 is 0 Å². The van der Waals surface area contributed by atoms with Gasteiger partial charge < -0.3 is 0 Å². The molecular weight excluding hydrogens is 152 g/mol. The lowest BCUT2D eigenvalue weighted by Gasteiger charge is -1.97. The zero-order chi connectivity index (χ0) is 10.1. The van der Waals surface area contributed by atoms with Crippen LogP contribution in [0.1, 0.15) is 53.7 Å². The molecule has 12 heavy (non-hydrogen) atoms. The quantitative estimate of drug-likeness (QED) is 0.435. The first-order valence-electron chi connectivity index (χ1n) is 5.18.